The van der Waals surface area contributed by atoms with Gasteiger partial charge in [-0.3, -0.25) is 14.2 Å². The van der Waals surface area contributed by atoms with Crippen molar-refractivity contribution in [1.82, 2.24) is 9.55 Å². The first-order valence-electron chi connectivity index (χ1n) is 6.89. The summed E-state index contributed by atoms with van der Waals surface area (Å²) in [6, 6.07) is 7.57. The molecule has 1 aliphatic rings. The van der Waals surface area contributed by atoms with E-state index in [4.69, 9.17) is 5.11 Å². The molecular formula is C15H16N2O3. The van der Waals surface area contributed by atoms with Gasteiger partial charge in [0, 0.05) is 18.9 Å². The minimum absolute atomic E-state index is 0.00317. The number of aliphatic carboxylic acids is 1. The van der Waals surface area contributed by atoms with Crippen molar-refractivity contribution in [3.8, 4) is 0 Å². The molecule has 5 nitrogen and oxygen atoms in total. The molecule has 1 aromatic heterocycles. The maximum atomic E-state index is 12.5. The molecule has 0 amide bonds. The Morgan fingerprint density at radius 3 is 2.80 bits per heavy atom. The van der Waals surface area contributed by atoms with Crippen LogP contribution in [0.25, 0.3) is 10.9 Å². The fourth-order valence-electron chi connectivity index (χ4n) is 2.48. The van der Waals surface area contributed by atoms with Gasteiger partial charge in [0.2, 0.25) is 0 Å². The van der Waals surface area contributed by atoms with Crippen LogP contribution in [-0.2, 0) is 11.2 Å². The highest BCUT2D eigenvalue weighted by atomic mass is 16.4. The first-order valence-corrected chi connectivity index (χ1v) is 6.89. The molecule has 0 saturated heterocycles. The number of benzene rings is 1. The Bertz CT molecular complexity index is 717. The lowest BCUT2D eigenvalue weighted by atomic mass is 10.2. The van der Waals surface area contributed by atoms with Crippen molar-refractivity contribution in [3.63, 3.8) is 0 Å². The quantitative estimate of drug-likeness (QED) is 0.905. The highest BCUT2D eigenvalue weighted by Gasteiger charge is 2.28. The molecular weight excluding hydrogens is 256 g/mol. The third kappa shape index (κ3) is 2.43. The van der Waals surface area contributed by atoms with Crippen molar-refractivity contribution in [1.29, 1.82) is 0 Å². The number of para-hydroxylation sites is 1. The average molecular weight is 272 g/mol. The van der Waals surface area contributed by atoms with Crippen molar-refractivity contribution in [2.24, 2.45) is 0 Å². The molecule has 1 saturated carbocycles. The van der Waals surface area contributed by atoms with E-state index in [0.29, 0.717) is 23.7 Å². The highest BCUT2D eigenvalue weighted by molar-refractivity contribution is 5.77. The van der Waals surface area contributed by atoms with Gasteiger partial charge in [-0.2, -0.15) is 0 Å². The molecule has 0 radical (unpaired) electrons. The van der Waals surface area contributed by atoms with Crippen molar-refractivity contribution in [2.75, 3.05) is 0 Å². The topological polar surface area (TPSA) is 72.2 Å². The Labute approximate surface area is 115 Å². The SMILES string of the molecule is O=C(O)CCCc1nc2ccccc2c(=O)n1C1CC1. The molecule has 0 atom stereocenters. The predicted molar refractivity (Wildman–Crippen MR) is 74.8 cm³/mol. The van der Waals surface area contributed by atoms with Crippen LogP contribution in [0.4, 0.5) is 0 Å². The van der Waals surface area contributed by atoms with Gasteiger partial charge < -0.3 is 5.11 Å². The van der Waals surface area contributed by atoms with E-state index >= 15 is 0 Å². The van der Waals surface area contributed by atoms with E-state index in [1.807, 2.05) is 18.2 Å². The molecule has 0 bridgehead atoms. The first kappa shape index (κ1) is 12.8. The van der Waals surface area contributed by atoms with Gasteiger partial charge in [-0.15, -0.1) is 0 Å². The smallest absolute Gasteiger partial charge is 0.303 e. The van der Waals surface area contributed by atoms with Crippen LogP contribution >= 0.6 is 0 Å². The first-order chi connectivity index (χ1) is 9.66. The molecule has 1 heterocycles. The summed E-state index contributed by atoms with van der Waals surface area (Å²) in [5, 5.41) is 9.36. The van der Waals surface area contributed by atoms with Crippen LogP contribution in [0.1, 0.15) is 37.5 Å². The minimum atomic E-state index is -0.814. The van der Waals surface area contributed by atoms with Crippen molar-refractivity contribution < 1.29 is 9.90 Å². The van der Waals surface area contributed by atoms with Crippen molar-refractivity contribution >= 4 is 16.9 Å². The van der Waals surface area contributed by atoms with E-state index < -0.39 is 5.97 Å². The van der Waals surface area contributed by atoms with Crippen LogP contribution in [0.2, 0.25) is 0 Å². The lowest BCUT2D eigenvalue weighted by Crippen LogP contribution is -2.24. The van der Waals surface area contributed by atoms with E-state index in [-0.39, 0.29) is 18.0 Å². The number of nitrogens with zero attached hydrogens (tertiary/aromatic N) is 2. The zero-order valence-electron chi connectivity index (χ0n) is 11.1. The third-order valence-corrected chi connectivity index (χ3v) is 3.58. The number of aryl methyl sites for hydroxylation is 1. The van der Waals surface area contributed by atoms with Gasteiger partial charge in [0.25, 0.3) is 5.56 Å². The number of aromatic nitrogens is 2. The molecule has 1 N–H and O–H groups in total. The van der Waals surface area contributed by atoms with Crippen molar-refractivity contribution in [2.45, 2.75) is 38.1 Å². The Hall–Kier alpha value is -2.17. The van der Waals surface area contributed by atoms with Gasteiger partial charge in [0.1, 0.15) is 5.82 Å². The summed E-state index contributed by atoms with van der Waals surface area (Å²) in [6.07, 6.45) is 3.15. The summed E-state index contributed by atoms with van der Waals surface area (Å²) in [6.45, 7) is 0. The second-order valence-electron chi connectivity index (χ2n) is 5.20. The van der Waals surface area contributed by atoms with Crippen LogP contribution < -0.4 is 5.56 Å². The van der Waals surface area contributed by atoms with Crippen LogP contribution in [0, 0.1) is 0 Å². The average Bonchev–Trinajstić information content (AvgIpc) is 3.23. The normalized spacial score (nSPS) is 14.6. The molecule has 104 valence electrons. The number of carbonyl (C=O) groups is 1. The molecule has 2 aromatic rings. The fraction of sp³-hybridized carbons (Fsp3) is 0.400. The standard InChI is InChI=1S/C15H16N2O3/c18-14(19)7-3-6-13-16-12-5-2-1-4-11(12)15(20)17(13)10-8-9-10/h1-2,4-5,10H,3,6-9H2,(H,18,19). The number of hydrogen-bond donors (Lipinski definition) is 1. The molecule has 1 aromatic carbocycles. The van der Waals surface area contributed by atoms with E-state index in [1.165, 1.54) is 0 Å². The zero-order valence-corrected chi connectivity index (χ0v) is 11.1. The number of carboxylic acid groups (broad SMARTS) is 1. The lowest BCUT2D eigenvalue weighted by Gasteiger charge is -2.12. The summed E-state index contributed by atoms with van der Waals surface area (Å²) in [5.41, 5.74) is 0.697. The lowest BCUT2D eigenvalue weighted by molar-refractivity contribution is -0.137. The van der Waals surface area contributed by atoms with Gasteiger partial charge in [-0.1, -0.05) is 12.1 Å². The second kappa shape index (κ2) is 5.07. The monoisotopic (exact) mass is 272 g/mol. The molecule has 5 heteroatoms. The number of fused-ring (bicyclic) bond motifs is 1. The maximum absolute atomic E-state index is 12.5. The number of rotatable bonds is 5. The van der Waals surface area contributed by atoms with Gasteiger partial charge in [-0.05, 0) is 31.4 Å². The summed E-state index contributed by atoms with van der Waals surface area (Å²) < 4.78 is 1.77. The Morgan fingerprint density at radius 1 is 1.35 bits per heavy atom. The largest absolute Gasteiger partial charge is 0.481 e. The molecule has 0 spiro atoms. The highest BCUT2D eigenvalue weighted by Crippen LogP contribution is 2.34. The van der Waals surface area contributed by atoms with E-state index in [9.17, 15) is 9.59 Å². The number of carboxylic acids is 1. The molecule has 0 unspecified atom stereocenters. The fourth-order valence-corrected chi connectivity index (χ4v) is 2.48. The summed E-state index contributed by atoms with van der Waals surface area (Å²) in [4.78, 5) is 27.7. The Morgan fingerprint density at radius 2 is 2.10 bits per heavy atom. The summed E-state index contributed by atoms with van der Waals surface area (Å²) in [7, 11) is 0. The maximum Gasteiger partial charge on any atom is 0.303 e. The van der Waals surface area contributed by atoms with Gasteiger partial charge in [0.05, 0.1) is 10.9 Å². The van der Waals surface area contributed by atoms with Crippen LogP contribution in [-0.4, -0.2) is 20.6 Å². The van der Waals surface area contributed by atoms with E-state index in [1.54, 1.807) is 10.6 Å². The van der Waals surface area contributed by atoms with Crippen LogP contribution in [0.3, 0.4) is 0 Å². The third-order valence-electron chi connectivity index (χ3n) is 3.58. The molecule has 3 rings (SSSR count). The summed E-state index contributed by atoms with van der Waals surface area (Å²) in [5.74, 6) is -0.0939. The minimum Gasteiger partial charge on any atom is -0.481 e. The molecule has 1 fully saturated rings. The van der Waals surface area contributed by atoms with Crippen LogP contribution in [0.15, 0.2) is 29.1 Å². The molecule has 1 aliphatic carbocycles. The zero-order chi connectivity index (χ0) is 14.1. The molecule has 20 heavy (non-hydrogen) atoms. The predicted octanol–water partition coefficient (Wildman–Crippen LogP) is 2.14. The summed E-state index contributed by atoms with van der Waals surface area (Å²) >= 11 is 0. The Kier molecular flexibility index (Phi) is 3.26. The second-order valence-corrected chi connectivity index (χ2v) is 5.20. The van der Waals surface area contributed by atoms with E-state index in [0.717, 1.165) is 18.7 Å². The van der Waals surface area contributed by atoms with Gasteiger partial charge in [-0.25, -0.2) is 4.98 Å². The number of hydrogen-bond acceptors (Lipinski definition) is 3. The molecule has 0 aliphatic heterocycles. The van der Waals surface area contributed by atoms with Crippen molar-refractivity contribution in [3.05, 3.63) is 40.4 Å². The van der Waals surface area contributed by atoms with Gasteiger partial charge in [0.15, 0.2) is 0 Å². The Balaban J connectivity index is 2.02. The van der Waals surface area contributed by atoms with Gasteiger partial charge >= 0.3 is 5.97 Å². The van der Waals surface area contributed by atoms with Crippen LogP contribution in [0.5, 0.6) is 0 Å². The van der Waals surface area contributed by atoms with E-state index in [2.05, 4.69) is 4.98 Å².